The van der Waals surface area contributed by atoms with E-state index in [1.807, 2.05) is 26.2 Å². The maximum absolute atomic E-state index is 5.30. The molecule has 6 aromatic heterocycles. The minimum absolute atomic E-state index is 0.0451. The Morgan fingerprint density at radius 1 is 0.516 bits per heavy atom. The van der Waals surface area contributed by atoms with Gasteiger partial charge in [0.25, 0.3) is 0 Å². The SMILES string of the molecule is CC.CC1(C)CC(C)(C)c2c1c1ncccc1c1nc3cc4c(cc3n21)C(C)(C)C(C)(C)C4(C)C.CC1(C)CC(C)(C)c2c1c1ncccc1c1nc3cc4c(cc3n21)C1CCC4C1. The topological polar surface area (TPSA) is 60.4 Å². The standard InChI is InChI=1S/C30H37N3.C26H27N3.C2H6/c1-26(2)16-27(3,4)24-22(26)23-17(12-11-13-31-23)25-32-20-14-18-19(15-21(20)33(24)25)29(7,8)30(9,10)28(18,5)6;1-25(2)13-26(3,4)23-21(25)22-16(6-5-9-27-22)24-28-19-11-17-14-7-8-15(10-14)18(17)12-20(19)29(23)24;1-2/h11-15H,16H2,1-10H3;5-6,9,11-12,14-15H,7-8,10,13H2,1-4H3;1-2H3. The minimum atomic E-state index is 0.0451. The summed E-state index contributed by atoms with van der Waals surface area (Å²) in [5.74, 6) is 1.54. The van der Waals surface area contributed by atoms with E-state index in [4.69, 9.17) is 19.9 Å². The molecule has 0 radical (unpaired) electrons. The molecule has 2 unspecified atom stereocenters. The molecule has 64 heavy (non-hydrogen) atoms. The van der Waals surface area contributed by atoms with Crippen LogP contribution in [-0.2, 0) is 32.5 Å². The molecular formula is C58H70N6. The second kappa shape index (κ2) is 12.7. The van der Waals surface area contributed by atoms with Crippen molar-refractivity contribution in [2.45, 2.75) is 187 Å². The molecule has 1 saturated carbocycles. The van der Waals surface area contributed by atoms with Crippen molar-refractivity contribution in [3.05, 3.63) is 106 Å². The van der Waals surface area contributed by atoms with Gasteiger partial charge >= 0.3 is 0 Å². The molecule has 13 rings (SSSR count). The van der Waals surface area contributed by atoms with Gasteiger partial charge in [-0.1, -0.05) is 111 Å². The number of nitrogens with zero attached hydrogens (tertiary/aromatic N) is 6. The van der Waals surface area contributed by atoms with Crippen LogP contribution in [-0.4, -0.2) is 28.7 Å². The van der Waals surface area contributed by atoms with Gasteiger partial charge in [-0.2, -0.15) is 0 Å². The van der Waals surface area contributed by atoms with Crippen LogP contribution in [0.15, 0.2) is 60.9 Å². The molecule has 5 aliphatic carbocycles. The molecule has 6 nitrogen and oxygen atoms in total. The summed E-state index contributed by atoms with van der Waals surface area (Å²) in [6.45, 7) is 37.6. The summed E-state index contributed by atoms with van der Waals surface area (Å²) in [5.41, 5.74) is 21.6. The van der Waals surface area contributed by atoms with Crippen LogP contribution in [0, 0.1) is 5.41 Å². The number of fused-ring (bicyclic) bond motifs is 22. The summed E-state index contributed by atoms with van der Waals surface area (Å²) in [5, 5.41) is 2.36. The van der Waals surface area contributed by atoms with E-state index < -0.39 is 0 Å². The van der Waals surface area contributed by atoms with Crippen LogP contribution in [0.3, 0.4) is 0 Å². The normalized spacial score (nSPS) is 23.9. The lowest BCUT2D eigenvalue weighted by Crippen LogP contribution is -2.42. The Bertz CT molecular complexity index is 3330. The Morgan fingerprint density at radius 3 is 1.42 bits per heavy atom. The number of pyridine rings is 4. The van der Waals surface area contributed by atoms with E-state index in [0.717, 1.165) is 63.4 Å². The molecule has 0 aliphatic heterocycles. The van der Waals surface area contributed by atoms with Crippen molar-refractivity contribution >= 4 is 55.2 Å². The number of benzene rings is 2. The predicted molar refractivity (Wildman–Crippen MR) is 268 cm³/mol. The molecule has 2 atom stereocenters. The first-order chi connectivity index (χ1) is 30.0. The molecule has 1 fully saturated rings. The summed E-state index contributed by atoms with van der Waals surface area (Å²) < 4.78 is 5.01. The van der Waals surface area contributed by atoms with Crippen molar-refractivity contribution in [2.24, 2.45) is 5.41 Å². The Labute approximate surface area is 380 Å². The number of rotatable bonds is 0. The molecule has 8 aromatic rings. The van der Waals surface area contributed by atoms with Gasteiger partial charge in [-0.15, -0.1) is 0 Å². The van der Waals surface area contributed by atoms with Crippen molar-refractivity contribution in [1.29, 1.82) is 0 Å². The molecule has 0 spiro atoms. The molecule has 5 aliphatic rings. The fourth-order valence-electron chi connectivity index (χ4n) is 15.0. The highest BCUT2D eigenvalue weighted by Crippen LogP contribution is 2.63. The Kier molecular flexibility index (Phi) is 8.32. The Hall–Kier alpha value is -4.84. The maximum Gasteiger partial charge on any atom is 0.147 e. The number of hydrogen-bond donors (Lipinski definition) is 0. The minimum Gasteiger partial charge on any atom is -0.295 e. The van der Waals surface area contributed by atoms with Crippen molar-refractivity contribution in [1.82, 2.24) is 28.7 Å². The third kappa shape index (κ3) is 5.09. The summed E-state index contributed by atoms with van der Waals surface area (Å²) in [7, 11) is 0. The largest absolute Gasteiger partial charge is 0.295 e. The highest BCUT2D eigenvalue weighted by molar-refractivity contribution is 6.01. The van der Waals surface area contributed by atoms with Gasteiger partial charge in [-0.3, -0.25) is 18.8 Å². The molecule has 0 saturated heterocycles. The van der Waals surface area contributed by atoms with E-state index in [2.05, 4.69) is 154 Å². The highest BCUT2D eigenvalue weighted by atomic mass is 15.1. The molecule has 0 amide bonds. The van der Waals surface area contributed by atoms with Crippen molar-refractivity contribution in [3.8, 4) is 0 Å². The van der Waals surface area contributed by atoms with Crippen LogP contribution in [0.1, 0.15) is 199 Å². The lowest BCUT2D eigenvalue weighted by atomic mass is 9.59. The zero-order valence-electron chi connectivity index (χ0n) is 41.6. The zero-order chi connectivity index (χ0) is 45.6. The van der Waals surface area contributed by atoms with Gasteiger partial charge in [-0.25, -0.2) is 9.97 Å². The second-order valence-corrected chi connectivity index (χ2v) is 24.6. The molecule has 6 heterocycles. The van der Waals surface area contributed by atoms with Crippen LogP contribution in [0.4, 0.5) is 0 Å². The van der Waals surface area contributed by atoms with Crippen LogP contribution in [0.2, 0.25) is 0 Å². The van der Waals surface area contributed by atoms with E-state index in [1.54, 1.807) is 11.1 Å². The van der Waals surface area contributed by atoms with Gasteiger partial charge in [0.1, 0.15) is 11.3 Å². The van der Waals surface area contributed by atoms with E-state index in [9.17, 15) is 0 Å². The lowest BCUT2D eigenvalue weighted by Gasteiger charge is -2.44. The average molecular weight is 851 g/mol. The first-order valence-corrected chi connectivity index (χ1v) is 24.5. The molecule has 2 aromatic carbocycles. The zero-order valence-corrected chi connectivity index (χ0v) is 41.6. The Morgan fingerprint density at radius 2 is 0.938 bits per heavy atom. The third-order valence-electron chi connectivity index (χ3n) is 18.3. The summed E-state index contributed by atoms with van der Waals surface area (Å²) in [6, 6.07) is 18.3. The molecule has 6 heteroatoms. The summed E-state index contributed by atoms with van der Waals surface area (Å²) in [6.07, 6.45) is 10.2. The fraction of sp³-hybridized carbons (Fsp3) is 0.517. The van der Waals surface area contributed by atoms with Crippen molar-refractivity contribution < 1.29 is 0 Å². The number of aromatic nitrogens is 6. The lowest BCUT2D eigenvalue weighted by molar-refractivity contribution is 0.125. The third-order valence-corrected chi connectivity index (χ3v) is 18.3. The monoisotopic (exact) mass is 851 g/mol. The first kappa shape index (κ1) is 41.8. The van der Waals surface area contributed by atoms with E-state index in [-0.39, 0.29) is 37.9 Å². The first-order valence-electron chi connectivity index (χ1n) is 24.5. The maximum atomic E-state index is 5.30. The van der Waals surface area contributed by atoms with Crippen LogP contribution < -0.4 is 0 Å². The highest BCUT2D eigenvalue weighted by Gasteiger charge is 2.57. The average Bonchev–Trinajstić information content (AvgIpc) is 4.08. The number of hydrogen-bond acceptors (Lipinski definition) is 4. The van der Waals surface area contributed by atoms with Gasteiger partial charge in [0.05, 0.1) is 33.1 Å². The van der Waals surface area contributed by atoms with Gasteiger partial charge in [0, 0.05) is 56.5 Å². The number of imidazole rings is 2. The predicted octanol–water partition coefficient (Wildman–Crippen LogP) is 15.0. The van der Waals surface area contributed by atoms with Gasteiger partial charge < -0.3 is 0 Å². The van der Waals surface area contributed by atoms with E-state index >= 15 is 0 Å². The van der Waals surface area contributed by atoms with Gasteiger partial charge in [0.2, 0.25) is 0 Å². The van der Waals surface area contributed by atoms with Gasteiger partial charge in [-0.05, 0) is 142 Å². The van der Waals surface area contributed by atoms with Crippen LogP contribution >= 0.6 is 0 Å². The quantitative estimate of drug-likeness (QED) is 0.152. The smallest absolute Gasteiger partial charge is 0.147 e. The second-order valence-electron chi connectivity index (χ2n) is 24.6. The van der Waals surface area contributed by atoms with Crippen LogP contribution in [0.25, 0.3) is 55.2 Å². The molecule has 0 N–H and O–H groups in total. The van der Waals surface area contributed by atoms with Gasteiger partial charge in [0.15, 0.2) is 0 Å². The van der Waals surface area contributed by atoms with Crippen molar-refractivity contribution in [2.75, 3.05) is 0 Å². The molecule has 2 bridgehead atoms. The fourth-order valence-corrected chi connectivity index (χ4v) is 15.0. The summed E-state index contributed by atoms with van der Waals surface area (Å²) in [4.78, 5) is 20.3. The van der Waals surface area contributed by atoms with Crippen molar-refractivity contribution in [3.63, 3.8) is 0 Å². The summed E-state index contributed by atoms with van der Waals surface area (Å²) >= 11 is 0. The van der Waals surface area contributed by atoms with E-state index in [0.29, 0.717) is 0 Å². The van der Waals surface area contributed by atoms with Crippen LogP contribution in [0.5, 0.6) is 0 Å². The van der Waals surface area contributed by atoms with E-state index in [1.165, 1.54) is 69.3 Å². The molecular weight excluding hydrogens is 781 g/mol. The molecule has 332 valence electrons. The Balaban J connectivity index is 0.000000138.